The van der Waals surface area contributed by atoms with Crippen molar-refractivity contribution < 1.29 is 4.79 Å². The zero-order valence-electron chi connectivity index (χ0n) is 12.3. The first-order valence-electron chi connectivity index (χ1n) is 7.32. The first-order valence-corrected chi connectivity index (χ1v) is 9.15. The first-order chi connectivity index (χ1) is 11.3. The Bertz CT molecular complexity index is 808. The number of nitrogens with one attached hydrogen (secondary N) is 1. The molecule has 1 N–H and O–H groups in total. The maximum absolute atomic E-state index is 12.3. The lowest BCUT2D eigenvalue weighted by molar-refractivity contribution is 0.208. The largest absolute Gasteiger partial charge is 0.352 e. The second-order valence-electron chi connectivity index (χ2n) is 5.25. The zero-order chi connectivity index (χ0) is 15.6. The molecule has 1 aliphatic rings. The van der Waals surface area contributed by atoms with E-state index in [1.165, 1.54) is 0 Å². The SMILES string of the molecule is O=C(Nc1ccsc1)N1CCN(c2ncnc3ccsc23)CC1. The molecular weight excluding hydrogens is 330 g/mol. The number of urea groups is 1. The summed E-state index contributed by atoms with van der Waals surface area (Å²) >= 11 is 3.23. The predicted molar refractivity (Wildman–Crippen MR) is 94.5 cm³/mol. The second-order valence-corrected chi connectivity index (χ2v) is 6.94. The van der Waals surface area contributed by atoms with E-state index in [0.29, 0.717) is 13.1 Å². The summed E-state index contributed by atoms with van der Waals surface area (Å²) in [5, 5.41) is 8.85. The lowest BCUT2D eigenvalue weighted by Gasteiger charge is -2.35. The third-order valence-electron chi connectivity index (χ3n) is 3.86. The van der Waals surface area contributed by atoms with Crippen molar-refractivity contribution in [2.75, 3.05) is 36.4 Å². The molecule has 0 radical (unpaired) electrons. The van der Waals surface area contributed by atoms with Gasteiger partial charge in [0.2, 0.25) is 0 Å². The number of carbonyl (C=O) groups is 1. The maximum atomic E-state index is 12.3. The third-order valence-corrected chi connectivity index (χ3v) is 5.45. The Labute approximate surface area is 141 Å². The Morgan fingerprint density at radius 3 is 2.78 bits per heavy atom. The summed E-state index contributed by atoms with van der Waals surface area (Å²) in [5.74, 6) is 0.975. The highest BCUT2D eigenvalue weighted by Gasteiger charge is 2.23. The molecule has 3 aromatic heterocycles. The summed E-state index contributed by atoms with van der Waals surface area (Å²) in [6, 6.07) is 3.88. The standard InChI is InChI=1S/C15H15N5OS2/c21-15(18-11-1-7-22-9-11)20-5-3-19(4-6-20)14-13-12(2-8-23-13)16-10-17-14/h1-2,7-10H,3-6H2,(H,18,21). The van der Waals surface area contributed by atoms with Gasteiger partial charge in [0, 0.05) is 31.6 Å². The summed E-state index contributed by atoms with van der Waals surface area (Å²) in [4.78, 5) is 25.1. The van der Waals surface area contributed by atoms with E-state index >= 15 is 0 Å². The summed E-state index contributed by atoms with van der Waals surface area (Å²) < 4.78 is 1.11. The number of nitrogens with zero attached hydrogens (tertiary/aromatic N) is 4. The highest BCUT2D eigenvalue weighted by Crippen LogP contribution is 2.28. The van der Waals surface area contributed by atoms with Gasteiger partial charge in [-0.2, -0.15) is 11.3 Å². The zero-order valence-corrected chi connectivity index (χ0v) is 13.9. The van der Waals surface area contributed by atoms with Gasteiger partial charge < -0.3 is 15.1 Å². The molecule has 0 aromatic carbocycles. The monoisotopic (exact) mass is 345 g/mol. The molecule has 0 bridgehead atoms. The van der Waals surface area contributed by atoms with Gasteiger partial charge in [-0.3, -0.25) is 0 Å². The molecule has 23 heavy (non-hydrogen) atoms. The van der Waals surface area contributed by atoms with Crippen LogP contribution in [0.15, 0.2) is 34.6 Å². The summed E-state index contributed by atoms with van der Waals surface area (Å²) in [7, 11) is 0. The Morgan fingerprint density at radius 2 is 2.00 bits per heavy atom. The Balaban J connectivity index is 1.43. The summed E-state index contributed by atoms with van der Waals surface area (Å²) in [6.07, 6.45) is 1.61. The van der Waals surface area contributed by atoms with Crippen molar-refractivity contribution >= 4 is 50.4 Å². The van der Waals surface area contributed by atoms with E-state index in [4.69, 9.17) is 0 Å². The number of rotatable bonds is 2. The van der Waals surface area contributed by atoms with Crippen LogP contribution >= 0.6 is 22.7 Å². The number of anilines is 2. The minimum absolute atomic E-state index is 0.0352. The Hall–Kier alpha value is -2.19. The molecule has 4 heterocycles. The fraction of sp³-hybridized carbons (Fsp3) is 0.267. The number of hydrogen-bond donors (Lipinski definition) is 1. The Kier molecular flexibility index (Phi) is 3.84. The van der Waals surface area contributed by atoms with Gasteiger partial charge in [0.25, 0.3) is 0 Å². The highest BCUT2D eigenvalue weighted by atomic mass is 32.1. The Morgan fingerprint density at radius 1 is 1.13 bits per heavy atom. The van der Waals surface area contributed by atoms with Crippen molar-refractivity contribution in [3.8, 4) is 0 Å². The van der Waals surface area contributed by atoms with Crippen LogP contribution in [0.2, 0.25) is 0 Å². The maximum Gasteiger partial charge on any atom is 0.321 e. The summed E-state index contributed by atoms with van der Waals surface area (Å²) in [6.45, 7) is 2.93. The van der Waals surface area contributed by atoms with Gasteiger partial charge in [-0.15, -0.1) is 11.3 Å². The normalized spacial score (nSPS) is 15.1. The number of amides is 2. The predicted octanol–water partition coefficient (Wildman–Crippen LogP) is 3.11. The minimum Gasteiger partial charge on any atom is -0.352 e. The van der Waals surface area contributed by atoms with Crippen LogP contribution in [0.25, 0.3) is 10.2 Å². The number of hydrogen-bond acceptors (Lipinski definition) is 6. The number of piperazine rings is 1. The van der Waals surface area contributed by atoms with Crippen molar-refractivity contribution in [1.82, 2.24) is 14.9 Å². The highest BCUT2D eigenvalue weighted by molar-refractivity contribution is 7.17. The van der Waals surface area contributed by atoms with Gasteiger partial charge in [0.15, 0.2) is 0 Å². The quantitative estimate of drug-likeness (QED) is 0.775. The average molecular weight is 345 g/mol. The van der Waals surface area contributed by atoms with Crippen LogP contribution in [0.3, 0.4) is 0 Å². The number of fused-ring (bicyclic) bond motifs is 1. The molecule has 0 atom stereocenters. The van der Waals surface area contributed by atoms with E-state index in [0.717, 1.165) is 34.8 Å². The molecule has 1 fully saturated rings. The topological polar surface area (TPSA) is 61.4 Å². The third kappa shape index (κ3) is 2.87. The molecular formula is C15H15N5OS2. The molecule has 2 amide bonds. The minimum atomic E-state index is -0.0352. The average Bonchev–Trinajstić information content (AvgIpc) is 3.25. The van der Waals surface area contributed by atoms with Crippen LogP contribution < -0.4 is 10.2 Å². The van der Waals surface area contributed by atoms with E-state index in [-0.39, 0.29) is 6.03 Å². The fourth-order valence-corrected chi connectivity index (χ4v) is 4.11. The molecule has 118 valence electrons. The van der Waals surface area contributed by atoms with Gasteiger partial charge in [-0.1, -0.05) is 0 Å². The number of aromatic nitrogens is 2. The van der Waals surface area contributed by atoms with Gasteiger partial charge in [0.1, 0.15) is 12.1 Å². The lowest BCUT2D eigenvalue weighted by atomic mass is 10.3. The second kappa shape index (κ2) is 6.13. The molecule has 1 saturated heterocycles. The lowest BCUT2D eigenvalue weighted by Crippen LogP contribution is -2.50. The van der Waals surface area contributed by atoms with Crippen molar-refractivity contribution in [3.63, 3.8) is 0 Å². The number of carbonyl (C=O) groups excluding carboxylic acids is 1. The molecule has 8 heteroatoms. The van der Waals surface area contributed by atoms with Crippen molar-refractivity contribution in [3.05, 3.63) is 34.6 Å². The van der Waals surface area contributed by atoms with E-state index in [1.807, 2.05) is 33.2 Å². The fourth-order valence-electron chi connectivity index (χ4n) is 2.66. The number of thiophene rings is 2. The van der Waals surface area contributed by atoms with Crippen molar-refractivity contribution in [1.29, 1.82) is 0 Å². The van der Waals surface area contributed by atoms with E-state index in [9.17, 15) is 4.79 Å². The van der Waals surface area contributed by atoms with E-state index < -0.39 is 0 Å². The van der Waals surface area contributed by atoms with E-state index in [1.54, 1.807) is 29.0 Å². The summed E-state index contributed by atoms with van der Waals surface area (Å²) in [5.41, 5.74) is 1.84. The molecule has 3 aromatic rings. The van der Waals surface area contributed by atoms with Gasteiger partial charge >= 0.3 is 6.03 Å². The molecule has 0 unspecified atom stereocenters. The van der Waals surface area contributed by atoms with Crippen LogP contribution in [-0.4, -0.2) is 47.1 Å². The smallest absolute Gasteiger partial charge is 0.321 e. The first kappa shape index (κ1) is 14.4. The molecule has 4 rings (SSSR count). The molecule has 1 aliphatic heterocycles. The van der Waals surface area contributed by atoms with Crippen LogP contribution in [0.1, 0.15) is 0 Å². The van der Waals surface area contributed by atoms with Crippen LogP contribution in [0, 0.1) is 0 Å². The van der Waals surface area contributed by atoms with Crippen LogP contribution in [0.4, 0.5) is 16.3 Å². The molecule has 0 saturated carbocycles. The molecule has 0 aliphatic carbocycles. The molecule has 0 spiro atoms. The van der Waals surface area contributed by atoms with Crippen LogP contribution in [-0.2, 0) is 0 Å². The van der Waals surface area contributed by atoms with Crippen molar-refractivity contribution in [2.45, 2.75) is 0 Å². The van der Waals surface area contributed by atoms with Crippen LogP contribution in [0.5, 0.6) is 0 Å². The van der Waals surface area contributed by atoms with Crippen molar-refractivity contribution in [2.24, 2.45) is 0 Å². The van der Waals surface area contributed by atoms with Gasteiger partial charge in [-0.05, 0) is 22.9 Å². The van der Waals surface area contributed by atoms with Gasteiger partial charge in [-0.25, -0.2) is 14.8 Å². The molecule has 6 nitrogen and oxygen atoms in total. The van der Waals surface area contributed by atoms with Gasteiger partial charge in [0.05, 0.1) is 15.9 Å². The van der Waals surface area contributed by atoms with E-state index in [2.05, 4.69) is 20.2 Å².